The van der Waals surface area contributed by atoms with Crippen LogP contribution in [0.1, 0.15) is 30.4 Å². The molecule has 0 unspecified atom stereocenters. The lowest BCUT2D eigenvalue weighted by atomic mass is 10.1. The number of amides is 2. The molecule has 2 fully saturated rings. The van der Waals surface area contributed by atoms with Crippen LogP contribution in [0.25, 0.3) is 0 Å². The fourth-order valence-electron chi connectivity index (χ4n) is 2.88. The highest BCUT2D eigenvalue weighted by molar-refractivity contribution is 5.89. The first-order chi connectivity index (χ1) is 11.3. The van der Waals surface area contributed by atoms with Crippen molar-refractivity contribution >= 4 is 11.8 Å². The first-order valence-corrected chi connectivity index (χ1v) is 8.04. The second-order valence-electron chi connectivity index (χ2n) is 6.56. The van der Waals surface area contributed by atoms with E-state index >= 15 is 0 Å². The number of halogens is 3. The maximum absolute atomic E-state index is 12.7. The van der Waals surface area contributed by atoms with Crippen LogP contribution in [-0.4, -0.2) is 29.8 Å². The molecule has 0 spiro atoms. The van der Waals surface area contributed by atoms with E-state index in [0.717, 1.165) is 25.0 Å². The van der Waals surface area contributed by atoms with E-state index in [1.165, 1.54) is 11.0 Å². The van der Waals surface area contributed by atoms with Crippen LogP contribution >= 0.6 is 0 Å². The topological polar surface area (TPSA) is 49.4 Å². The number of hydrogen-bond donors (Lipinski definition) is 1. The van der Waals surface area contributed by atoms with Gasteiger partial charge in [0.1, 0.15) is 0 Å². The molecule has 1 aromatic carbocycles. The highest BCUT2D eigenvalue weighted by atomic mass is 19.4. The smallest absolute Gasteiger partial charge is 0.356 e. The Labute approximate surface area is 138 Å². The molecular weight excluding hydrogens is 321 g/mol. The summed E-state index contributed by atoms with van der Waals surface area (Å²) < 4.78 is 38.2. The molecule has 24 heavy (non-hydrogen) atoms. The van der Waals surface area contributed by atoms with Gasteiger partial charge in [0.25, 0.3) is 0 Å². The Bertz CT molecular complexity index is 641. The van der Waals surface area contributed by atoms with Crippen molar-refractivity contribution in [2.75, 3.05) is 13.1 Å². The summed E-state index contributed by atoms with van der Waals surface area (Å²) in [6.45, 7) is 0.998. The van der Waals surface area contributed by atoms with Crippen LogP contribution in [-0.2, 0) is 22.3 Å². The van der Waals surface area contributed by atoms with Gasteiger partial charge in [-0.2, -0.15) is 13.2 Å². The molecule has 0 bridgehead atoms. The van der Waals surface area contributed by atoms with E-state index in [0.29, 0.717) is 18.0 Å². The van der Waals surface area contributed by atoms with E-state index in [1.54, 1.807) is 6.07 Å². The molecule has 4 nitrogen and oxygen atoms in total. The van der Waals surface area contributed by atoms with E-state index < -0.39 is 17.7 Å². The number of rotatable bonds is 5. The molecule has 0 radical (unpaired) electrons. The van der Waals surface area contributed by atoms with Gasteiger partial charge in [-0.25, -0.2) is 0 Å². The number of likely N-dealkylation sites (tertiary alicyclic amines) is 1. The summed E-state index contributed by atoms with van der Waals surface area (Å²) in [5, 5.41) is 2.85. The Hall–Kier alpha value is -2.05. The van der Waals surface area contributed by atoms with Gasteiger partial charge in [0, 0.05) is 26.1 Å². The largest absolute Gasteiger partial charge is 0.416 e. The second-order valence-corrected chi connectivity index (χ2v) is 6.56. The number of carbonyl (C=O) groups excluding carboxylic acids is 2. The van der Waals surface area contributed by atoms with Crippen molar-refractivity contribution in [3.8, 4) is 0 Å². The normalized spacial score (nSPS) is 21.2. The molecule has 1 aliphatic heterocycles. The molecular formula is C17H19F3N2O2. The minimum atomic E-state index is -4.41. The molecule has 0 aromatic heterocycles. The summed E-state index contributed by atoms with van der Waals surface area (Å²) in [5.41, 5.74) is -0.317. The van der Waals surface area contributed by atoms with Crippen LogP contribution < -0.4 is 5.32 Å². The van der Waals surface area contributed by atoms with Crippen LogP contribution in [0.3, 0.4) is 0 Å². The zero-order valence-corrected chi connectivity index (χ0v) is 13.1. The van der Waals surface area contributed by atoms with Gasteiger partial charge in [0.05, 0.1) is 11.5 Å². The average molecular weight is 340 g/mol. The van der Waals surface area contributed by atoms with E-state index in [4.69, 9.17) is 0 Å². The predicted molar refractivity (Wildman–Crippen MR) is 80.7 cm³/mol. The molecule has 3 rings (SSSR count). The molecule has 1 aromatic rings. The number of nitrogens with one attached hydrogen (secondary N) is 1. The molecule has 1 atom stereocenters. The summed E-state index contributed by atoms with van der Waals surface area (Å²) in [7, 11) is 0. The summed E-state index contributed by atoms with van der Waals surface area (Å²) in [4.78, 5) is 25.6. The van der Waals surface area contributed by atoms with Gasteiger partial charge in [-0.1, -0.05) is 12.1 Å². The van der Waals surface area contributed by atoms with Crippen molar-refractivity contribution in [2.24, 2.45) is 11.8 Å². The van der Waals surface area contributed by atoms with E-state index in [9.17, 15) is 22.8 Å². The van der Waals surface area contributed by atoms with Gasteiger partial charge >= 0.3 is 6.18 Å². The minimum absolute atomic E-state index is 0.0924. The number of hydrogen-bond acceptors (Lipinski definition) is 2. The Kier molecular flexibility index (Phi) is 4.51. The lowest BCUT2D eigenvalue weighted by Gasteiger charge is -2.17. The monoisotopic (exact) mass is 340 g/mol. The third-order valence-electron chi connectivity index (χ3n) is 4.47. The van der Waals surface area contributed by atoms with Crippen LogP contribution in [0.5, 0.6) is 0 Å². The summed E-state index contributed by atoms with van der Waals surface area (Å²) in [6, 6.07) is 4.94. The summed E-state index contributed by atoms with van der Waals surface area (Å²) in [5.74, 6) is -0.185. The highest BCUT2D eigenvalue weighted by Crippen LogP contribution is 2.30. The quantitative estimate of drug-likeness (QED) is 0.896. The molecule has 1 saturated heterocycles. The van der Waals surface area contributed by atoms with Gasteiger partial charge in [-0.3, -0.25) is 9.59 Å². The fourth-order valence-corrected chi connectivity index (χ4v) is 2.88. The fraction of sp³-hybridized carbons (Fsp3) is 0.529. The lowest BCUT2D eigenvalue weighted by molar-refractivity contribution is -0.137. The highest BCUT2D eigenvalue weighted by Gasteiger charge is 2.35. The van der Waals surface area contributed by atoms with Gasteiger partial charge in [-0.05, 0) is 36.5 Å². The Balaban J connectivity index is 1.59. The third kappa shape index (κ3) is 4.07. The Morgan fingerprint density at radius 3 is 2.71 bits per heavy atom. The zero-order chi connectivity index (χ0) is 17.3. The van der Waals surface area contributed by atoms with Crippen molar-refractivity contribution in [1.82, 2.24) is 10.2 Å². The van der Waals surface area contributed by atoms with Crippen molar-refractivity contribution in [1.29, 1.82) is 0 Å². The zero-order valence-electron chi connectivity index (χ0n) is 13.1. The SMILES string of the molecule is O=C(NCC1CC1)[C@H]1CC(=O)N(Cc2cccc(C(F)(F)F)c2)C1. The molecule has 130 valence electrons. The van der Waals surface area contributed by atoms with Crippen molar-refractivity contribution in [3.05, 3.63) is 35.4 Å². The Morgan fingerprint density at radius 1 is 1.29 bits per heavy atom. The molecule has 1 saturated carbocycles. The van der Waals surface area contributed by atoms with E-state index in [-0.39, 0.29) is 31.3 Å². The van der Waals surface area contributed by atoms with Crippen LogP contribution in [0.2, 0.25) is 0 Å². The molecule has 2 aliphatic rings. The molecule has 7 heteroatoms. The van der Waals surface area contributed by atoms with E-state index in [1.807, 2.05) is 0 Å². The second kappa shape index (κ2) is 6.45. The Morgan fingerprint density at radius 2 is 2.04 bits per heavy atom. The van der Waals surface area contributed by atoms with Crippen molar-refractivity contribution < 1.29 is 22.8 Å². The first kappa shape index (κ1) is 16.8. The number of benzene rings is 1. The van der Waals surface area contributed by atoms with Crippen LogP contribution in [0, 0.1) is 11.8 Å². The molecule has 1 N–H and O–H groups in total. The van der Waals surface area contributed by atoms with Gasteiger partial charge in [0.2, 0.25) is 11.8 Å². The minimum Gasteiger partial charge on any atom is -0.356 e. The average Bonchev–Trinajstić information content (AvgIpc) is 3.28. The lowest BCUT2D eigenvalue weighted by Crippen LogP contribution is -2.34. The molecule has 1 heterocycles. The van der Waals surface area contributed by atoms with Crippen molar-refractivity contribution in [3.63, 3.8) is 0 Å². The van der Waals surface area contributed by atoms with Crippen LogP contribution in [0.4, 0.5) is 13.2 Å². The van der Waals surface area contributed by atoms with E-state index in [2.05, 4.69) is 5.32 Å². The molecule has 2 amide bonds. The standard InChI is InChI=1S/C17H19F3N2O2/c18-17(19,20)14-3-1-2-12(6-14)9-22-10-13(7-15(22)23)16(24)21-8-11-4-5-11/h1-3,6,11,13H,4-5,7-10H2,(H,21,24)/t13-/m0/s1. The number of alkyl halides is 3. The van der Waals surface area contributed by atoms with Crippen LogP contribution in [0.15, 0.2) is 24.3 Å². The first-order valence-electron chi connectivity index (χ1n) is 8.04. The van der Waals surface area contributed by atoms with Gasteiger partial charge in [-0.15, -0.1) is 0 Å². The summed E-state index contributed by atoms with van der Waals surface area (Å²) >= 11 is 0. The maximum Gasteiger partial charge on any atom is 0.416 e. The molecule has 1 aliphatic carbocycles. The number of nitrogens with zero attached hydrogens (tertiary/aromatic N) is 1. The number of carbonyl (C=O) groups is 2. The maximum atomic E-state index is 12.7. The van der Waals surface area contributed by atoms with Gasteiger partial charge in [0.15, 0.2) is 0 Å². The van der Waals surface area contributed by atoms with Crippen molar-refractivity contribution in [2.45, 2.75) is 32.0 Å². The van der Waals surface area contributed by atoms with Gasteiger partial charge < -0.3 is 10.2 Å². The third-order valence-corrected chi connectivity index (χ3v) is 4.47. The summed E-state index contributed by atoms with van der Waals surface area (Å²) in [6.07, 6.45) is -2.02. The predicted octanol–water partition coefficient (Wildman–Crippen LogP) is 2.58.